The molecular formula is C16H18BrNO3S. The lowest BCUT2D eigenvalue weighted by molar-refractivity contribution is 0.287. The van der Waals surface area contributed by atoms with Gasteiger partial charge in [-0.05, 0) is 37.3 Å². The number of likely N-dealkylation sites (N-methyl/N-ethyl adjacent to an activating group) is 1. The van der Waals surface area contributed by atoms with Gasteiger partial charge in [-0.2, -0.15) is 4.31 Å². The highest BCUT2D eigenvalue weighted by molar-refractivity contribution is 9.10. The van der Waals surface area contributed by atoms with Gasteiger partial charge >= 0.3 is 0 Å². The van der Waals surface area contributed by atoms with E-state index in [2.05, 4.69) is 15.9 Å². The number of benzene rings is 2. The van der Waals surface area contributed by atoms with Gasteiger partial charge in [-0.15, -0.1) is 0 Å². The summed E-state index contributed by atoms with van der Waals surface area (Å²) in [5.41, 5.74) is 1.15. The number of halogens is 1. The smallest absolute Gasteiger partial charge is 0.242 e. The molecule has 0 aliphatic heterocycles. The van der Waals surface area contributed by atoms with Crippen molar-refractivity contribution in [3.05, 3.63) is 58.6 Å². The van der Waals surface area contributed by atoms with Crippen LogP contribution in [0.5, 0.6) is 5.75 Å². The van der Waals surface area contributed by atoms with Gasteiger partial charge in [-0.1, -0.05) is 39.7 Å². The van der Waals surface area contributed by atoms with Crippen molar-refractivity contribution in [3.8, 4) is 5.75 Å². The Bertz CT molecular complexity index is 729. The van der Waals surface area contributed by atoms with Crippen LogP contribution in [0, 0.1) is 6.92 Å². The van der Waals surface area contributed by atoms with Crippen LogP contribution >= 0.6 is 15.9 Å². The second kappa shape index (κ2) is 7.26. The number of hydrogen-bond donors (Lipinski definition) is 0. The Balaban J connectivity index is 1.96. The van der Waals surface area contributed by atoms with E-state index < -0.39 is 10.0 Å². The van der Waals surface area contributed by atoms with Crippen molar-refractivity contribution in [1.82, 2.24) is 4.31 Å². The summed E-state index contributed by atoms with van der Waals surface area (Å²) >= 11 is 3.29. The number of rotatable bonds is 6. The molecule has 6 heteroatoms. The molecule has 2 rings (SSSR count). The number of sulfonamides is 1. The van der Waals surface area contributed by atoms with Crippen molar-refractivity contribution in [2.45, 2.75) is 11.8 Å². The Labute approximate surface area is 139 Å². The molecule has 2 aromatic carbocycles. The van der Waals surface area contributed by atoms with Crippen molar-refractivity contribution in [2.75, 3.05) is 20.2 Å². The molecule has 4 nitrogen and oxygen atoms in total. The van der Waals surface area contributed by atoms with Crippen molar-refractivity contribution < 1.29 is 13.2 Å². The standard InChI is InChI=1S/C16H18BrNO3S/c1-13-6-8-15(9-7-13)21-11-10-18(2)22(19,20)16-5-3-4-14(17)12-16/h3-9,12H,10-11H2,1-2H3. The van der Waals surface area contributed by atoms with Crippen LogP contribution in [0.2, 0.25) is 0 Å². The molecule has 0 spiro atoms. The molecule has 0 atom stereocenters. The fraction of sp³-hybridized carbons (Fsp3) is 0.250. The first kappa shape index (κ1) is 17.0. The zero-order chi connectivity index (χ0) is 16.2. The van der Waals surface area contributed by atoms with E-state index in [1.807, 2.05) is 31.2 Å². The van der Waals surface area contributed by atoms with Crippen LogP contribution in [0.25, 0.3) is 0 Å². The van der Waals surface area contributed by atoms with Crippen molar-refractivity contribution in [2.24, 2.45) is 0 Å². The first-order valence-corrected chi connectivity index (χ1v) is 9.04. The van der Waals surface area contributed by atoms with Crippen LogP contribution in [-0.4, -0.2) is 32.9 Å². The summed E-state index contributed by atoms with van der Waals surface area (Å²) in [7, 11) is -1.95. The molecule has 0 aliphatic rings. The molecular weight excluding hydrogens is 366 g/mol. The monoisotopic (exact) mass is 383 g/mol. The Morgan fingerprint density at radius 3 is 2.45 bits per heavy atom. The average Bonchev–Trinajstić information content (AvgIpc) is 2.49. The summed E-state index contributed by atoms with van der Waals surface area (Å²) in [6.07, 6.45) is 0. The lowest BCUT2D eigenvalue weighted by Gasteiger charge is -2.17. The molecule has 0 fully saturated rings. The first-order chi connectivity index (χ1) is 10.4. The zero-order valence-electron chi connectivity index (χ0n) is 12.5. The number of aryl methyl sites for hydroxylation is 1. The van der Waals surface area contributed by atoms with Crippen LogP contribution < -0.4 is 4.74 Å². The quantitative estimate of drug-likeness (QED) is 0.767. The predicted octanol–water partition coefficient (Wildman–Crippen LogP) is 3.46. The Kier molecular flexibility index (Phi) is 5.61. The maximum Gasteiger partial charge on any atom is 0.242 e. The molecule has 0 saturated carbocycles. The van der Waals surface area contributed by atoms with Crippen LogP contribution in [0.4, 0.5) is 0 Å². The van der Waals surface area contributed by atoms with Gasteiger partial charge in [-0.25, -0.2) is 8.42 Å². The summed E-state index contributed by atoms with van der Waals surface area (Å²) in [4.78, 5) is 0.264. The van der Waals surface area contributed by atoms with Crippen LogP contribution in [0.1, 0.15) is 5.56 Å². The molecule has 0 aliphatic carbocycles. The van der Waals surface area contributed by atoms with Gasteiger partial charge in [0.2, 0.25) is 10.0 Å². The number of nitrogens with zero attached hydrogens (tertiary/aromatic N) is 1. The molecule has 0 aromatic heterocycles. The Morgan fingerprint density at radius 2 is 1.82 bits per heavy atom. The van der Waals surface area contributed by atoms with E-state index in [-0.39, 0.29) is 11.4 Å². The third-order valence-electron chi connectivity index (χ3n) is 3.20. The minimum absolute atomic E-state index is 0.264. The maximum atomic E-state index is 12.4. The van der Waals surface area contributed by atoms with Gasteiger partial charge in [0.25, 0.3) is 0 Å². The summed E-state index contributed by atoms with van der Waals surface area (Å²) in [5, 5.41) is 0. The van der Waals surface area contributed by atoms with E-state index in [9.17, 15) is 8.42 Å². The maximum absolute atomic E-state index is 12.4. The highest BCUT2D eigenvalue weighted by Gasteiger charge is 2.20. The molecule has 2 aromatic rings. The van der Waals surface area contributed by atoms with Gasteiger partial charge in [0.15, 0.2) is 0 Å². The van der Waals surface area contributed by atoms with Crippen LogP contribution in [-0.2, 0) is 10.0 Å². The fourth-order valence-corrected chi connectivity index (χ4v) is 3.61. The second-order valence-corrected chi connectivity index (χ2v) is 7.91. The highest BCUT2D eigenvalue weighted by atomic mass is 79.9. The summed E-state index contributed by atoms with van der Waals surface area (Å²) in [5.74, 6) is 0.735. The van der Waals surface area contributed by atoms with E-state index in [4.69, 9.17) is 4.74 Å². The minimum Gasteiger partial charge on any atom is -0.492 e. The van der Waals surface area contributed by atoms with E-state index in [1.165, 1.54) is 4.31 Å². The Morgan fingerprint density at radius 1 is 1.14 bits per heavy atom. The van der Waals surface area contributed by atoms with E-state index in [1.54, 1.807) is 31.3 Å². The Hall–Kier alpha value is -1.37. The summed E-state index contributed by atoms with van der Waals surface area (Å²) in [6, 6.07) is 14.3. The number of ether oxygens (including phenoxy) is 1. The van der Waals surface area contributed by atoms with Gasteiger partial charge in [0.05, 0.1) is 4.90 Å². The minimum atomic E-state index is -3.50. The van der Waals surface area contributed by atoms with Crippen molar-refractivity contribution >= 4 is 26.0 Å². The summed E-state index contributed by atoms with van der Waals surface area (Å²) < 4.78 is 32.4. The normalized spacial score (nSPS) is 11.6. The second-order valence-electron chi connectivity index (χ2n) is 4.95. The van der Waals surface area contributed by atoms with Crippen molar-refractivity contribution in [3.63, 3.8) is 0 Å². The molecule has 118 valence electrons. The highest BCUT2D eigenvalue weighted by Crippen LogP contribution is 2.19. The first-order valence-electron chi connectivity index (χ1n) is 6.81. The van der Waals surface area contributed by atoms with Crippen LogP contribution in [0.15, 0.2) is 57.9 Å². The molecule has 0 unspecified atom stereocenters. The van der Waals surface area contributed by atoms with E-state index in [0.29, 0.717) is 6.61 Å². The van der Waals surface area contributed by atoms with Gasteiger partial charge in [0, 0.05) is 18.1 Å². The topological polar surface area (TPSA) is 46.6 Å². The zero-order valence-corrected chi connectivity index (χ0v) is 14.9. The molecule has 0 N–H and O–H groups in total. The van der Waals surface area contributed by atoms with Gasteiger partial charge in [0.1, 0.15) is 12.4 Å². The molecule has 22 heavy (non-hydrogen) atoms. The lowest BCUT2D eigenvalue weighted by Crippen LogP contribution is -2.31. The lowest BCUT2D eigenvalue weighted by atomic mass is 10.2. The fourth-order valence-electron chi connectivity index (χ4n) is 1.85. The van der Waals surface area contributed by atoms with Crippen LogP contribution in [0.3, 0.4) is 0 Å². The molecule has 0 radical (unpaired) electrons. The van der Waals surface area contributed by atoms with E-state index in [0.717, 1.165) is 15.8 Å². The molecule has 0 amide bonds. The van der Waals surface area contributed by atoms with Crippen molar-refractivity contribution in [1.29, 1.82) is 0 Å². The largest absolute Gasteiger partial charge is 0.492 e. The van der Waals surface area contributed by atoms with Gasteiger partial charge in [-0.3, -0.25) is 0 Å². The third kappa shape index (κ3) is 4.32. The van der Waals surface area contributed by atoms with E-state index >= 15 is 0 Å². The third-order valence-corrected chi connectivity index (χ3v) is 5.55. The molecule has 0 heterocycles. The summed E-state index contributed by atoms with van der Waals surface area (Å²) in [6.45, 7) is 2.58. The molecule has 0 saturated heterocycles. The molecule has 0 bridgehead atoms. The van der Waals surface area contributed by atoms with Gasteiger partial charge < -0.3 is 4.74 Å². The average molecular weight is 384 g/mol. The number of hydrogen-bond acceptors (Lipinski definition) is 3. The SMILES string of the molecule is Cc1ccc(OCCN(C)S(=O)(=O)c2cccc(Br)c2)cc1. The predicted molar refractivity (Wildman–Crippen MR) is 90.6 cm³/mol.